The van der Waals surface area contributed by atoms with Crippen molar-refractivity contribution in [1.82, 2.24) is 0 Å². The van der Waals surface area contributed by atoms with Gasteiger partial charge in [-0.2, -0.15) is 0 Å². The fourth-order valence-corrected chi connectivity index (χ4v) is 13.0. The number of anilines is 1. The van der Waals surface area contributed by atoms with E-state index in [1.807, 2.05) is 19.1 Å². The number of benzene rings is 1. The molecular formula is C43H59NO10. The summed E-state index contributed by atoms with van der Waals surface area (Å²) in [4.78, 5) is 28.9. The second-order valence-corrected chi connectivity index (χ2v) is 18.9. The van der Waals surface area contributed by atoms with Gasteiger partial charge in [0.2, 0.25) is 5.91 Å². The number of aryl methyl sites for hydroxylation is 1. The van der Waals surface area contributed by atoms with E-state index in [0.29, 0.717) is 62.2 Å². The standard InChI is InChI=1S/C43H59NO10/c1-24(2)25(3)36-37(54-36)42(52)11-5-7-27-17-30-31(19-33(48)39(22-45)20-34(49)40(51,23-46)21-38(30,39)4)43(53)13-10-32(42)41(27,43)12-9-26-15-28(18-29(47)16-26)44-14-6-8-35(44)50/h5,7,15-16,18-19,24-25,27,30,32,34,36-37,45-47,49,51-53H,6,8-14,17,20-23H2,1-4H3. The van der Waals surface area contributed by atoms with Crippen LogP contribution < -0.4 is 4.90 Å². The van der Waals surface area contributed by atoms with Crippen LogP contribution in [0.1, 0.15) is 91.0 Å². The number of aliphatic hydroxyl groups excluding tert-OH is 3. The van der Waals surface area contributed by atoms with E-state index in [9.17, 15) is 45.3 Å². The van der Waals surface area contributed by atoms with Gasteiger partial charge < -0.3 is 45.4 Å². The fourth-order valence-electron chi connectivity index (χ4n) is 13.0. The molecule has 3 saturated carbocycles. The summed E-state index contributed by atoms with van der Waals surface area (Å²) in [6.45, 7) is 7.60. The molecule has 13 unspecified atom stereocenters. The minimum absolute atomic E-state index is 0.00847. The molecule has 1 aromatic rings. The van der Waals surface area contributed by atoms with Crippen molar-refractivity contribution < 1.29 is 50.1 Å². The summed E-state index contributed by atoms with van der Waals surface area (Å²) < 4.78 is 6.38. The lowest BCUT2D eigenvalue weighted by Gasteiger charge is -2.67. The summed E-state index contributed by atoms with van der Waals surface area (Å²) in [7, 11) is 0. The number of phenolic OH excluding ortho intramolecular Hbond substituents is 1. The molecule has 1 amide bonds. The van der Waals surface area contributed by atoms with Crippen molar-refractivity contribution >= 4 is 17.4 Å². The van der Waals surface area contributed by atoms with Gasteiger partial charge in [-0.3, -0.25) is 9.59 Å². The minimum atomic E-state index is -1.90. The summed E-state index contributed by atoms with van der Waals surface area (Å²) in [5, 5.41) is 81.7. The van der Waals surface area contributed by atoms with Gasteiger partial charge in [0.1, 0.15) is 23.1 Å². The van der Waals surface area contributed by atoms with Crippen molar-refractivity contribution in [3.63, 3.8) is 0 Å². The first-order chi connectivity index (χ1) is 25.4. The Morgan fingerprint density at radius 1 is 1.06 bits per heavy atom. The highest BCUT2D eigenvalue weighted by Crippen LogP contribution is 2.75. The molecule has 8 rings (SSSR count). The van der Waals surface area contributed by atoms with Crippen LogP contribution in [0.5, 0.6) is 5.75 Å². The first-order valence-electron chi connectivity index (χ1n) is 20.2. The van der Waals surface area contributed by atoms with Gasteiger partial charge in [-0.05, 0) is 116 Å². The van der Waals surface area contributed by atoms with E-state index in [1.54, 1.807) is 17.0 Å². The largest absolute Gasteiger partial charge is 0.508 e. The zero-order valence-electron chi connectivity index (χ0n) is 32.1. The summed E-state index contributed by atoms with van der Waals surface area (Å²) in [6, 6.07) is 5.23. The van der Waals surface area contributed by atoms with E-state index in [1.165, 1.54) is 6.08 Å². The highest BCUT2D eigenvalue weighted by atomic mass is 16.6. The number of hydrogen-bond donors (Lipinski definition) is 7. The molecule has 0 aromatic heterocycles. The van der Waals surface area contributed by atoms with Crippen LogP contribution in [-0.4, -0.2) is 102 Å². The maximum atomic E-state index is 14.5. The van der Waals surface area contributed by atoms with Crippen LogP contribution in [0.25, 0.3) is 0 Å². The zero-order valence-corrected chi connectivity index (χ0v) is 32.1. The van der Waals surface area contributed by atoms with Gasteiger partial charge in [0.05, 0.1) is 36.4 Å². The Morgan fingerprint density at radius 2 is 1.81 bits per heavy atom. The Morgan fingerprint density at radius 3 is 2.48 bits per heavy atom. The number of aromatic hydroxyl groups is 1. The van der Waals surface area contributed by atoms with Gasteiger partial charge in [-0.15, -0.1) is 0 Å². The number of nitrogens with zero attached hydrogens (tertiary/aromatic N) is 1. The lowest BCUT2D eigenvalue weighted by molar-refractivity contribution is -0.232. The molecule has 7 N–H and O–H groups in total. The quantitative estimate of drug-likeness (QED) is 0.146. The molecular weight excluding hydrogens is 690 g/mol. The number of epoxide rings is 1. The van der Waals surface area contributed by atoms with Crippen LogP contribution >= 0.6 is 0 Å². The third-order valence-electron chi connectivity index (χ3n) is 16.4. The van der Waals surface area contributed by atoms with Crippen molar-refractivity contribution in [3.05, 3.63) is 47.6 Å². The number of ether oxygens (including phenoxy) is 1. The SMILES string of the molecule is CC(C)C(C)C1OC1C1(O)CC=CC2CC3C(=CC(=O)C4(CO)CC(O)C(O)(CO)CC34C)C3(O)CCC1C23CCc1cc(O)cc(N2CCCC2=O)c1. The van der Waals surface area contributed by atoms with Crippen molar-refractivity contribution in [2.24, 2.45) is 45.8 Å². The van der Waals surface area contributed by atoms with Crippen molar-refractivity contribution in [2.75, 3.05) is 24.7 Å². The Kier molecular flexibility index (Phi) is 8.98. The van der Waals surface area contributed by atoms with E-state index in [4.69, 9.17) is 4.74 Å². The van der Waals surface area contributed by atoms with Gasteiger partial charge in [0, 0.05) is 36.1 Å². The maximum absolute atomic E-state index is 14.5. The number of rotatable bonds is 9. The molecule has 11 nitrogen and oxygen atoms in total. The molecule has 54 heavy (non-hydrogen) atoms. The van der Waals surface area contributed by atoms with Crippen LogP contribution in [0.15, 0.2) is 42.0 Å². The minimum Gasteiger partial charge on any atom is -0.508 e. The molecule has 2 heterocycles. The number of ketones is 1. The molecule has 1 aromatic carbocycles. The lowest BCUT2D eigenvalue weighted by Crippen LogP contribution is -2.71. The van der Waals surface area contributed by atoms with Gasteiger partial charge in [-0.25, -0.2) is 0 Å². The van der Waals surface area contributed by atoms with E-state index in [2.05, 4.69) is 26.8 Å². The van der Waals surface area contributed by atoms with Gasteiger partial charge >= 0.3 is 0 Å². The predicted molar refractivity (Wildman–Crippen MR) is 199 cm³/mol. The molecule has 5 fully saturated rings. The molecule has 13 atom stereocenters. The fraction of sp³-hybridized carbons (Fsp3) is 0.721. The summed E-state index contributed by atoms with van der Waals surface area (Å²) in [5.41, 5.74) is -6.38. The Labute approximate surface area is 317 Å². The predicted octanol–water partition coefficient (Wildman–Crippen LogP) is 3.34. The van der Waals surface area contributed by atoms with Crippen molar-refractivity contribution in [1.29, 1.82) is 0 Å². The van der Waals surface area contributed by atoms with Crippen LogP contribution in [0.3, 0.4) is 0 Å². The molecule has 11 heteroatoms. The summed E-state index contributed by atoms with van der Waals surface area (Å²) >= 11 is 0. The summed E-state index contributed by atoms with van der Waals surface area (Å²) in [6.07, 6.45) is 6.82. The molecule has 296 valence electrons. The molecule has 5 aliphatic carbocycles. The van der Waals surface area contributed by atoms with E-state index >= 15 is 0 Å². The normalized spacial score (nSPS) is 45.8. The number of aliphatic hydroxyl groups is 6. The van der Waals surface area contributed by atoms with E-state index in [0.717, 1.165) is 12.0 Å². The average molecular weight is 750 g/mol. The Hall–Kier alpha value is -2.64. The average Bonchev–Trinajstić information content (AvgIpc) is 3.75. The zero-order chi connectivity index (χ0) is 38.8. The second kappa shape index (κ2) is 12.7. The first kappa shape index (κ1) is 38.2. The highest BCUT2D eigenvalue weighted by Gasteiger charge is 2.77. The van der Waals surface area contributed by atoms with E-state index in [-0.39, 0.29) is 48.9 Å². The number of fused-ring (bicyclic) bond motifs is 4. The van der Waals surface area contributed by atoms with Crippen LogP contribution in [0, 0.1) is 45.8 Å². The Balaban J connectivity index is 1.26. The van der Waals surface area contributed by atoms with Crippen LogP contribution in [0.2, 0.25) is 0 Å². The number of carbonyl (C=O) groups excluding carboxylic acids is 2. The molecule has 2 saturated heterocycles. The van der Waals surface area contributed by atoms with Gasteiger partial charge in [0.15, 0.2) is 5.78 Å². The molecule has 0 spiro atoms. The third-order valence-corrected chi connectivity index (χ3v) is 16.4. The third kappa shape index (κ3) is 5.04. The van der Waals surface area contributed by atoms with Crippen molar-refractivity contribution in [2.45, 2.75) is 127 Å². The summed E-state index contributed by atoms with van der Waals surface area (Å²) in [5.74, 6) is -1.06. The van der Waals surface area contributed by atoms with Gasteiger partial charge in [-0.1, -0.05) is 39.8 Å². The number of amides is 1. The number of carbonyl (C=O) groups is 2. The van der Waals surface area contributed by atoms with Crippen LogP contribution in [-0.2, 0) is 20.7 Å². The van der Waals surface area contributed by atoms with Gasteiger partial charge in [0.25, 0.3) is 0 Å². The monoisotopic (exact) mass is 749 g/mol. The highest BCUT2D eigenvalue weighted by molar-refractivity contribution is 5.98. The molecule has 2 aliphatic heterocycles. The lowest BCUT2D eigenvalue weighted by atomic mass is 9.38. The maximum Gasteiger partial charge on any atom is 0.227 e. The van der Waals surface area contributed by atoms with Crippen molar-refractivity contribution in [3.8, 4) is 5.75 Å². The molecule has 7 aliphatic rings. The Bertz CT molecular complexity index is 1780. The smallest absolute Gasteiger partial charge is 0.227 e. The number of hydrogen-bond acceptors (Lipinski definition) is 10. The molecule has 0 radical (unpaired) electrons. The van der Waals surface area contributed by atoms with Crippen LogP contribution in [0.4, 0.5) is 5.69 Å². The number of allylic oxidation sites excluding steroid dienone is 2. The molecule has 0 bridgehead atoms. The topological polar surface area (TPSA) is 192 Å². The van der Waals surface area contributed by atoms with E-state index < -0.39 is 76.1 Å². The second-order valence-electron chi connectivity index (χ2n) is 18.9. The first-order valence-corrected chi connectivity index (χ1v) is 20.2. The number of phenols is 1.